The molecule has 1 aliphatic carbocycles. The Balaban J connectivity index is 2.13. The number of thioether (sulfide) groups is 1. The number of phenols is 1. The maximum absolute atomic E-state index is 13.4. The van der Waals surface area contributed by atoms with E-state index in [0.29, 0.717) is 16.6 Å². The lowest BCUT2D eigenvalue weighted by Crippen LogP contribution is -2.00. The van der Waals surface area contributed by atoms with Crippen molar-refractivity contribution in [2.45, 2.75) is 43.6 Å². The van der Waals surface area contributed by atoms with Gasteiger partial charge in [-0.2, -0.15) is 11.8 Å². The van der Waals surface area contributed by atoms with Crippen LogP contribution in [-0.4, -0.2) is 16.1 Å². The first-order valence-corrected chi connectivity index (χ1v) is 7.26. The Hall–Kier alpha value is -1.03. The first-order valence-electron chi connectivity index (χ1n) is 6.22. The maximum atomic E-state index is 13.4. The predicted molar refractivity (Wildman–Crippen MR) is 71.6 cm³/mol. The monoisotopic (exact) mass is 268 g/mol. The van der Waals surface area contributed by atoms with Crippen LogP contribution < -0.4 is 0 Å². The Morgan fingerprint density at radius 2 is 2.11 bits per heavy atom. The minimum absolute atomic E-state index is 0.0607. The average Bonchev–Trinajstić information content (AvgIpc) is 2.82. The van der Waals surface area contributed by atoms with Gasteiger partial charge in [-0.15, -0.1) is 0 Å². The van der Waals surface area contributed by atoms with Gasteiger partial charge in [-0.25, -0.2) is 4.39 Å². The van der Waals surface area contributed by atoms with Gasteiger partial charge in [0.15, 0.2) is 5.78 Å². The molecular weight excluding hydrogens is 251 g/mol. The summed E-state index contributed by atoms with van der Waals surface area (Å²) in [7, 11) is 0. The second-order valence-corrected chi connectivity index (χ2v) is 6.02. The molecule has 1 aromatic rings. The highest BCUT2D eigenvalue weighted by Gasteiger charge is 2.18. The van der Waals surface area contributed by atoms with Gasteiger partial charge in [-0.3, -0.25) is 4.79 Å². The highest BCUT2D eigenvalue weighted by atomic mass is 32.2. The molecule has 0 spiro atoms. The van der Waals surface area contributed by atoms with Gasteiger partial charge in [0.1, 0.15) is 11.6 Å². The van der Waals surface area contributed by atoms with E-state index in [1.165, 1.54) is 38.7 Å². The second-order valence-electron chi connectivity index (χ2n) is 4.73. The number of phenolic OH excluding ortho intramolecular Hbond substituents is 1. The number of hydrogen-bond donors (Lipinski definition) is 1. The van der Waals surface area contributed by atoms with Gasteiger partial charge >= 0.3 is 0 Å². The van der Waals surface area contributed by atoms with Gasteiger partial charge < -0.3 is 5.11 Å². The van der Waals surface area contributed by atoms with Gasteiger partial charge in [-0.1, -0.05) is 12.8 Å². The molecule has 0 unspecified atom stereocenters. The first kappa shape index (κ1) is 13.4. The van der Waals surface area contributed by atoms with E-state index < -0.39 is 5.82 Å². The third-order valence-electron chi connectivity index (χ3n) is 3.31. The fourth-order valence-electron chi connectivity index (χ4n) is 2.30. The van der Waals surface area contributed by atoms with Crippen LogP contribution in [0.15, 0.2) is 12.1 Å². The Labute approximate surface area is 111 Å². The molecule has 0 amide bonds. The van der Waals surface area contributed by atoms with E-state index in [-0.39, 0.29) is 17.1 Å². The fraction of sp³-hybridized carbons (Fsp3) is 0.500. The van der Waals surface area contributed by atoms with E-state index in [4.69, 9.17) is 0 Å². The zero-order valence-electron chi connectivity index (χ0n) is 10.4. The topological polar surface area (TPSA) is 37.3 Å². The molecule has 98 valence electrons. The van der Waals surface area contributed by atoms with Gasteiger partial charge in [0.25, 0.3) is 0 Å². The standard InChI is InChI=1S/C14H17FO2S/c1-9(16)13-7-11(15)6-10(14(13)17)8-18-12-4-2-3-5-12/h6-7,12,17H,2-5,8H2,1H3. The summed E-state index contributed by atoms with van der Waals surface area (Å²) in [6.45, 7) is 1.34. The van der Waals surface area contributed by atoms with Crippen LogP contribution in [0.25, 0.3) is 0 Å². The van der Waals surface area contributed by atoms with Crippen molar-refractivity contribution in [2.75, 3.05) is 0 Å². The molecule has 0 radical (unpaired) electrons. The van der Waals surface area contributed by atoms with E-state index in [9.17, 15) is 14.3 Å². The van der Waals surface area contributed by atoms with Crippen molar-refractivity contribution in [3.05, 3.63) is 29.1 Å². The van der Waals surface area contributed by atoms with Crippen LogP contribution in [0.2, 0.25) is 0 Å². The number of halogens is 1. The minimum atomic E-state index is -0.458. The van der Waals surface area contributed by atoms with Crippen LogP contribution in [0.4, 0.5) is 4.39 Å². The highest BCUT2D eigenvalue weighted by Crippen LogP contribution is 2.34. The lowest BCUT2D eigenvalue weighted by atomic mass is 10.1. The summed E-state index contributed by atoms with van der Waals surface area (Å²) in [6, 6.07) is 2.42. The minimum Gasteiger partial charge on any atom is -0.507 e. The molecule has 0 heterocycles. The number of benzene rings is 1. The summed E-state index contributed by atoms with van der Waals surface area (Å²) >= 11 is 1.74. The molecule has 4 heteroatoms. The summed E-state index contributed by atoms with van der Waals surface area (Å²) in [4.78, 5) is 11.3. The van der Waals surface area contributed by atoms with Crippen molar-refractivity contribution in [1.82, 2.24) is 0 Å². The number of carbonyl (C=O) groups is 1. The Bertz CT molecular complexity index is 453. The third-order valence-corrected chi connectivity index (χ3v) is 4.73. The Kier molecular flexibility index (Phi) is 4.27. The number of carbonyl (C=O) groups excluding carboxylic acids is 1. The quantitative estimate of drug-likeness (QED) is 0.841. The zero-order chi connectivity index (χ0) is 13.1. The van der Waals surface area contributed by atoms with Crippen molar-refractivity contribution in [2.24, 2.45) is 0 Å². The van der Waals surface area contributed by atoms with E-state index in [2.05, 4.69) is 0 Å². The number of ketones is 1. The summed E-state index contributed by atoms with van der Waals surface area (Å²) < 4.78 is 13.4. The lowest BCUT2D eigenvalue weighted by molar-refractivity contribution is 0.101. The second kappa shape index (κ2) is 5.74. The number of Topliss-reactive ketones (excluding diaryl/α,β-unsaturated/α-hetero) is 1. The lowest BCUT2D eigenvalue weighted by Gasteiger charge is -2.11. The van der Waals surface area contributed by atoms with Gasteiger partial charge in [0, 0.05) is 16.6 Å². The summed E-state index contributed by atoms with van der Waals surface area (Å²) in [5, 5.41) is 10.6. The van der Waals surface area contributed by atoms with Crippen LogP contribution in [0.3, 0.4) is 0 Å². The molecule has 1 fully saturated rings. The molecule has 1 saturated carbocycles. The van der Waals surface area contributed by atoms with Crippen molar-refractivity contribution in [3.8, 4) is 5.75 Å². The van der Waals surface area contributed by atoms with Crippen molar-refractivity contribution in [3.63, 3.8) is 0 Å². The van der Waals surface area contributed by atoms with E-state index >= 15 is 0 Å². The van der Waals surface area contributed by atoms with E-state index in [1.807, 2.05) is 0 Å². The van der Waals surface area contributed by atoms with Crippen LogP contribution >= 0.6 is 11.8 Å². The maximum Gasteiger partial charge on any atom is 0.163 e. The zero-order valence-corrected chi connectivity index (χ0v) is 11.2. The fourth-order valence-corrected chi connectivity index (χ4v) is 3.60. The molecule has 18 heavy (non-hydrogen) atoms. The SMILES string of the molecule is CC(=O)c1cc(F)cc(CSC2CCCC2)c1O. The summed E-state index contributed by atoms with van der Waals surface area (Å²) in [5.41, 5.74) is 0.606. The van der Waals surface area contributed by atoms with Crippen molar-refractivity contribution in [1.29, 1.82) is 0 Å². The summed E-state index contributed by atoms with van der Waals surface area (Å²) in [5.74, 6) is -0.261. The smallest absolute Gasteiger partial charge is 0.163 e. The van der Waals surface area contributed by atoms with E-state index in [0.717, 1.165) is 6.07 Å². The largest absolute Gasteiger partial charge is 0.507 e. The third kappa shape index (κ3) is 3.05. The molecule has 1 N–H and O–H groups in total. The van der Waals surface area contributed by atoms with Crippen molar-refractivity contribution < 1.29 is 14.3 Å². The number of aromatic hydroxyl groups is 1. The van der Waals surface area contributed by atoms with Crippen LogP contribution in [0.5, 0.6) is 5.75 Å². The molecule has 2 nitrogen and oxygen atoms in total. The van der Waals surface area contributed by atoms with Gasteiger partial charge in [0.2, 0.25) is 0 Å². The molecule has 0 atom stereocenters. The highest BCUT2D eigenvalue weighted by molar-refractivity contribution is 7.99. The molecule has 2 rings (SSSR count). The average molecular weight is 268 g/mol. The molecular formula is C14H17FO2S. The normalized spacial score (nSPS) is 16.1. The molecule has 1 aromatic carbocycles. The Morgan fingerprint density at radius 1 is 1.44 bits per heavy atom. The van der Waals surface area contributed by atoms with Crippen molar-refractivity contribution >= 4 is 17.5 Å². The molecule has 0 bridgehead atoms. The van der Waals surface area contributed by atoms with Gasteiger partial charge in [0.05, 0.1) is 5.56 Å². The number of rotatable bonds is 4. The summed E-state index contributed by atoms with van der Waals surface area (Å²) in [6.07, 6.45) is 4.90. The van der Waals surface area contributed by atoms with Crippen LogP contribution in [-0.2, 0) is 5.75 Å². The molecule has 1 aliphatic rings. The van der Waals surface area contributed by atoms with Crippen LogP contribution in [0.1, 0.15) is 48.5 Å². The molecule has 0 aliphatic heterocycles. The predicted octanol–water partition coefficient (Wildman–Crippen LogP) is 3.91. The van der Waals surface area contributed by atoms with Gasteiger partial charge in [-0.05, 0) is 31.9 Å². The van der Waals surface area contributed by atoms with E-state index in [1.54, 1.807) is 11.8 Å². The first-order chi connectivity index (χ1) is 8.58. The Morgan fingerprint density at radius 3 is 2.72 bits per heavy atom. The molecule has 0 saturated heterocycles. The molecule has 0 aromatic heterocycles. The van der Waals surface area contributed by atoms with Crippen LogP contribution in [0, 0.1) is 5.82 Å². The number of hydrogen-bond acceptors (Lipinski definition) is 3.